The van der Waals surface area contributed by atoms with Crippen molar-refractivity contribution >= 4 is 53.8 Å². The zero-order valence-corrected chi connectivity index (χ0v) is 12.2. The molecule has 2 aliphatic rings. The summed E-state index contributed by atoms with van der Waals surface area (Å²) in [6.07, 6.45) is 0. The minimum absolute atomic E-state index is 0.879. The molecule has 2 aliphatic heterocycles. The van der Waals surface area contributed by atoms with Crippen LogP contribution in [0.5, 0.6) is 0 Å². The van der Waals surface area contributed by atoms with Crippen molar-refractivity contribution in [1.29, 1.82) is 0 Å². The molecule has 0 spiro atoms. The summed E-state index contributed by atoms with van der Waals surface area (Å²) in [5.41, 5.74) is 6.10. The lowest BCUT2D eigenvalue weighted by molar-refractivity contribution is 0.645. The molecule has 1 aromatic heterocycles. The summed E-state index contributed by atoms with van der Waals surface area (Å²) in [6, 6.07) is 18.6. The van der Waals surface area contributed by atoms with E-state index in [1.165, 1.54) is 25.9 Å². The Morgan fingerprint density at radius 1 is 0.682 bits per heavy atom. The van der Waals surface area contributed by atoms with Gasteiger partial charge in [-0.1, -0.05) is 12.1 Å². The van der Waals surface area contributed by atoms with E-state index in [0.29, 0.717) is 0 Å². The number of hydrogen-bond donors (Lipinski definition) is 0. The van der Waals surface area contributed by atoms with Gasteiger partial charge in [-0.05, 0) is 30.3 Å². The molecule has 0 fully saturated rings. The molecule has 4 aromatic rings. The van der Waals surface area contributed by atoms with Crippen LogP contribution in [-0.2, 0) is 0 Å². The van der Waals surface area contributed by atoms with Crippen molar-refractivity contribution in [2.24, 2.45) is 0 Å². The normalized spacial score (nSPS) is 12.5. The van der Waals surface area contributed by atoms with E-state index in [9.17, 15) is 0 Å². The summed E-state index contributed by atoms with van der Waals surface area (Å²) in [6.45, 7) is 0. The standard InChI is InChI=1S/C19H9O2S/c1-4-10-16-11(5-1)21-13-7-3-9-15-18(13)19(16)17-12(20-10)6-2-8-14(17)22-15/h1-9H/q+1. The Kier molecular flexibility index (Phi) is 1.78. The van der Waals surface area contributed by atoms with E-state index in [4.69, 9.17) is 8.83 Å². The van der Waals surface area contributed by atoms with Gasteiger partial charge in [0.1, 0.15) is 21.9 Å². The average Bonchev–Trinajstić information content (AvgIpc) is 2.55. The van der Waals surface area contributed by atoms with Gasteiger partial charge in [0.2, 0.25) is 0 Å². The van der Waals surface area contributed by atoms with Crippen LogP contribution in [0.4, 0.5) is 0 Å². The van der Waals surface area contributed by atoms with Gasteiger partial charge in [-0.2, -0.15) is 0 Å². The first-order chi connectivity index (χ1) is 10.9. The molecule has 0 radical (unpaired) electrons. The van der Waals surface area contributed by atoms with Crippen molar-refractivity contribution < 1.29 is 8.83 Å². The van der Waals surface area contributed by atoms with Gasteiger partial charge in [0, 0.05) is 32.7 Å². The van der Waals surface area contributed by atoms with E-state index in [2.05, 4.69) is 24.3 Å². The molecule has 0 amide bonds. The Hall–Kier alpha value is -2.65. The molecule has 3 heteroatoms. The van der Waals surface area contributed by atoms with Crippen LogP contribution in [0.25, 0.3) is 53.6 Å². The lowest BCUT2D eigenvalue weighted by Gasteiger charge is -2.15. The molecule has 0 aliphatic carbocycles. The van der Waals surface area contributed by atoms with E-state index in [1.807, 2.05) is 30.3 Å². The zero-order chi connectivity index (χ0) is 14.3. The molecule has 0 saturated heterocycles. The predicted molar refractivity (Wildman–Crippen MR) is 91.1 cm³/mol. The maximum atomic E-state index is 6.14. The maximum Gasteiger partial charge on any atom is 0.365 e. The highest BCUT2D eigenvalue weighted by Gasteiger charge is 2.29. The van der Waals surface area contributed by atoms with Gasteiger partial charge >= 0.3 is 11.2 Å². The van der Waals surface area contributed by atoms with Gasteiger partial charge in [-0.25, -0.2) is 4.42 Å². The number of hydrogen-bond acceptors (Lipinski definition) is 2. The fourth-order valence-corrected chi connectivity index (χ4v) is 4.65. The summed E-state index contributed by atoms with van der Waals surface area (Å²) in [4.78, 5) is 0. The van der Waals surface area contributed by atoms with Crippen molar-refractivity contribution in [3.63, 3.8) is 0 Å². The van der Waals surface area contributed by atoms with Crippen molar-refractivity contribution in [1.82, 2.24) is 0 Å². The predicted octanol–water partition coefficient (Wildman–Crippen LogP) is 6.37. The minimum Gasteiger partial charge on any atom is -0.456 e. The second kappa shape index (κ2) is 3.57. The summed E-state index contributed by atoms with van der Waals surface area (Å²) >= 11 is 1.79. The molecular formula is C19H9O2S+. The molecular weight excluding hydrogens is 292 g/mol. The van der Waals surface area contributed by atoms with Gasteiger partial charge < -0.3 is 4.42 Å². The Balaban J connectivity index is 2.15. The van der Waals surface area contributed by atoms with E-state index < -0.39 is 0 Å². The molecule has 0 N–H and O–H groups in total. The topological polar surface area (TPSA) is 24.4 Å². The molecule has 3 heterocycles. The Morgan fingerprint density at radius 3 is 2.36 bits per heavy atom. The molecule has 0 bridgehead atoms. The lowest BCUT2D eigenvalue weighted by atomic mass is 9.95. The Morgan fingerprint density at radius 2 is 1.41 bits per heavy atom. The second-order valence-electron chi connectivity index (χ2n) is 5.57. The van der Waals surface area contributed by atoms with Crippen LogP contribution in [0.3, 0.4) is 0 Å². The quantitative estimate of drug-likeness (QED) is 0.185. The lowest BCUT2D eigenvalue weighted by Crippen LogP contribution is -1.92. The maximum absolute atomic E-state index is 6.14. The van der Waals surface area contributed by atoms with E-state index in [0.717, 1.165) is 27.7 Å². The highest BCUT2D eigenvalue weighted by Crippen LogP contribution is 2.49. The molecule has 3 aromatic carbocycles. The van der Waals surface area contributed by atoms with Crippen molar-refractivity contribution in [3.8, 4) is 11.1 Å². The Bertz CT molecular complexity index is 1180. The minimum atomic E-state index is 0.879. The third-order valence-corrected chi connectivity index (χ3v) is 5.49. The SMILES string of the molecule is c1cc2oc3cccc4[o+]c5cccc6sc(c1)c2-c(c34)c56. The van der Waals surface area contributed by atoms with Crippen LogP contribution >= 0.6 is 11.3 Å². The summed E-state index contributed by atoms with van der Waals surface area (Å²) < 4.78 is 14.8. The first-order valence-corrected chi connectivity index (χ1v) is 8.02. The van der Waals surface area contributed by atoms with Crippen LogP contribution in [0, 0.1) is 0 Å². The molecule has 6 rings (SSSR count). The van der Waals surface area contributed by atoms with Crippen LogP contribution in [0.15, 0.2) is 63.4 Å². The van der Waals surface area contributed by atoms with Crippen molar-refractivity contribution in [2.45, 2.75) is 0 Å². The van der Waals surface area contributed by atoms with Crippen molar-refractivity contribution in [2.75, 3.05) is 0 Å². The average molecular weight is 301 g/mol. The van der Waals surface area contributed by atoms with Gasteiger partial charge in [-0.3, -0.25) is 0 Å². The molecule has 0 saturated carbocycles. The molecule has 0 unspecified atom stereocenters. The van der Waals surface area contributed by atoms with Crippen LogP contribution < -0.4 is 0 Å². The second-order valence-corrected chi connectivity index (χ2v) is 6.65. The summed E-state index contributed by atoms with van der Waals surface area (Å²) in [5.74, 6) is 0. The van der Waals surface area contributed by atoms with Gasteiger partial charge in [0.05, 0.1) is 0 Å². The smallest absolute Gasteiger partial charge is 0.365 e. The van der Waals surface area contributed by atoms with E-state index >= 15 is 0 Å². The Labute approximate surface area is 128 Å². The van der Waals surface area contributed by atoms with E-state index in [-0.39, 0.29) is 0 Å². The molecule has 2 nitrogen and oxygen atoms in total. The monoisotopic (exact) mass is 301 g/mol. The fourth-order valence-electron chi connectivity index (χ4n) is 3.51. The van der Waals surface area contributed by atoms with Crippen LogP contribution in [0.1, 0.15) is 0 Å². The largest absolute Gasteiger partial charge is 0.456 e. The van der Waals surface area contributed by atoms with Gasteiger partial charge in [-0.15, -0.1) is 11.3 Å². The van der Waals surface area contributed by atoms with E-state index in [1.54, 1.807) is 11.3 Å². The highest BCUT2D eigenvalue weighted by atomic mass is 32.1. The summed E-state index contributed by atoms with van der Waals surface area (Å²) in [5, 5.41) is 2.29. The first-order valence-electron chi connectivity index (χ1n) is 7.21. The summed E-state index contributed by atoms with van der Waals surface area (Å²) in [7, 11) is 0. The first kappa shape index (κ1) is 11.0. The third kappa shape index (κ3) is 1.16. The van der Waals surface area contributed by atoms with Gasteiger partial charge in [0.25, 0.3) is 0 Å². The third-order valence-electron chi connectivity index (χ3n) is 4.37. The molecule has 0 atom stereocenters. The zero-order valence-electron chi connectivity index (χ0n) is 11.4. The van der Waals surface area contributed by atoms with Crippen molar-refractivity contribution in [3.05, 3.63) is 54.6 Å². The van der Waals surface area contributed by atoms with Crippen LogP contribution in [0.2, 0.25) is 0 Å². The highest BCUT2D eigenvalue weighted by molar-refractivity contribution is 7.24. The van der Waals surface area contributed by atoms with Crippen LogP contribution in [-0.4, -0.2) is 0 Å². The number of rotatable bonds is 0. The number of benzene rings is 3. The molecule has 102 valence electrons. The fraction of sp³-hybridized carbons (Fsp3) is 0. The van der Waals surface area contributed by atoms with Gasteiger partial charge in [0.15, 0.2) is 0 Å². The molecule has 22 heavy (non-hydrogen) atoms.